The fourth-order valence-corrected chi connectivity index (χ4v) is 2.90. The fraction of sp³-hybridized carbons (Fsp3) is 0.562. The minimum atomic E-state index is -0.147. The van der Waals surface area contributed by atoms with E-state index < -0.39 is 0 Å². The summed E-state index contributed by atoms with van der Waals surface area (Å²) in [5.41, 5.74) is 0.563. The van der Waals surface area contributed by atoms with E-state index in [2.05, 4.69) is 6.92 Å². The maximum Gasteiger partial charge on any atom is 0.172 e. The van der Waals surface area contributed by atoms with Crippen LogP contribution in [0.4, 0.5) is 0 Å². The van der Waals surface area contributed by atoms with Crippen molar-refractivity contribution in [1.82, 2.24) is 0 Å². The number of hydrogen-bond donors (Lipinski definition) is 0. The lowest BCUT2D eigenvalue weighted by Crippen LogP contribution is -2.27. The average molecular weight is 278 g/mol. The van der Waals surface area contributed by atoms with Gasteiger partial charge in [-0.2, -0.15) is 0 Å². The van der Waals surface area contributed by atoms with Crippen molar-refractivity contribution in [2.75, 3.05) is 14.2 Å². The standard InChI is InChI=1S/C16H22O4/c1-9-10(2)20-11(3)15(9)16(17)13-8-12(18-4)6-7-14(13)19-5/h6-11,15H,1-5H3. The zero-order valence-corrected chi connectivity index (χ0v) is 12.7. The van der Waals surface area contributed by atoms with Crippen molar-refractivity contribution < 1.29 is 19.0 Å². The Morgan fingerprint density at radius 2 is 1.80 bits per heavy atom. The van der Waals surface area contributed by atoms with Gasteiger partial charge >= 0.3 is 0 Å². The Hall–Kier alpha value is -1.55. The molecule has 1 fully saturated rings. The fourth-order valence-electron chi connectivity index (χ4n) is 2.90. The molecule has 20 heavy (non-hydrogen) atoms. The summed E-state index contributed by atoms with van der Waals surface area (Å²) in [7, 11) is 3.15. The summed E-state index contributed by atoms with van der Waals surface area (Å²) in [5, 5.41) is 0. The number of carbonyl (C=O) groups is 1. The van der Waals surface area contributed by atoms with E-state index in [1.165, 1.54) is 0 Å². The summed E-state index contributed by atoms with van der Waals surface area (Å²) in [5.74, 6) is 1.33. The molecule has 0 radical (unpaired) electrons. The molecule has 0 saturated carbocycles. The number of benzene rings is 1. The first-order valence-corrected chi connectivity index (χ1v) is 6.91. The number of ketones is 1. The van der Waals surface area contributed by atoms with E-state index in [1.807, 2.05) is 13.8 Å². The first-order valence-electron chi connectivity index (χ1n) is 6.91. The molecule has 1 aliphatic heterocycles. The van der Waals surface area contributed by atoms with E-state index in [0.29, 0.717) is 17.1 Å². The number of ether oxygens (including phenoxy) is 3. The van der Waals surface area contributed by atoms with Gasteiger partial charge in [-0.3, -0.25) is 4.79 Å². The molecule has 4 heteroatoms. The van der Waals surface area contributed by atoms with Crippen molar-refractivity contribution in [2.24, 2.45) is 11.8 Å². The molecule has 4 unspecified atom stereocenters. The number of Topliss-reactive ketones (excluding diaryl/α,β-unsaturated/α-hetero) is 1. The number of methoxy groups -OCH3 is 2. The van der Waals surface area contributed by atoms with Crippen LogP contribution in [0.5, 0.6) is 11.5 Å². The van der Waals surface area contributed by atoms with Crippen LogP contribution in [0.3, 0.4) is 0 Å². The van der Waals surface area contributed by atoms with Gasteiger partial charge < -0.3 is 14.2 Å². The minimum Gasteiger partial charge on any atom is -0.497 e. The first kappa shape index (κ1) is 14.9. The van der Waals surface area contributed by atoms with Crippen molar-refractivity contribution in [3.05, 3.63) is 23.8 Å². The highest BCUT2D eigenvalue weighted by Gasteiger charge is 2.42. The van der Waals surface area contributed by atoms with Gasteiger partial charge in [-0.05, 0) is 38.0 Å². The molecule has 4 nitrogen and oxygen atoms in total. The molecule has 2 rings (SSSR count). The Morgan fingerprint density at radius 1 is 1.10 bits per heavy atom. The van der Waals surface area contributed by atoms with Gasteiger partial charge in [0.1, 0.15) is 11.5 Å². The highest BCUT2D eigenvalue weighted by Crippen LogP contribution is 2.37. The third-order valence-electron chi connectivity index (χ3n) is 4.22. The lowest BCUT2D eigenvalue weighted by molar-refractivity contribution is 0.0490. The molecule has 110 valence electrons. The van der Waals surface area contributed by atoms with Gasteiger partial charge in [-0.15, -0.1) is 0 Å². The third kappa shape index (κ3) is 2.52. The van der Waals surface area contributed by atoms with E-state index in [9.17, 15) is 4.79 Å². The Bertz CT molecular complexity index is 497. The smallest absolute Gasteiger partial charge is 0.172 e. The van der Waals surface area contributed by atoms with Crippen LogP contribution in [-0.4, -0.2) is 32.2 Å². The monoisotopic (exact) mass is 278 g/mol. The van der Waals surface area contributed by atoms with E-state index in [1.54, 1.807) is 32.4 Å². The Morgan fingerprint density at radius 3 is 2.30 bits per heavy atom. The Balaban J connectivity index is 2.37. The maximum absolute atomic E-state index is 12.8. The second-order valence-electron chi connectivity index (χ2n) is 5.36. The molecular weight excluding hydrogens is 256 g/mol. The van der Waals surface area contributed by atoms with Crippen LogP contribution in [0.15, 0.2) is 18.2 Å². The van der Waals surface area contributed by atoms with Gasteiger partial charge in [-0.25, -0.2) is 0 Å². The lowest BCUT2D eigenvalue weighted by atomic mass is 9.83. The molecule has 1 aromatic carbocycles. The summed E-state index contributed by atoms with van der Waals surface area (Å²) in [6, 6.07) is 5.29. The highest BCUT2D eigenvalue weighted by atomic mass is 16.5. The SMILES string of the molecule is COc1ccc(OC)c(C(=O)C2C(C)OC(C)C2C)c1. The van der Waals surface area contributed by atoms with E-state index in [-0.39, 0.29) is 29.8 Å². The summed E-state index contributed by atoms with van der Waals surface area (Å²) in [6.45, 7) is 6.02. The van der Waals surface area contributed by atoms with Crippen molar-refractivity contribution in [1.29, 1.82) is 0 Å². The second kappa shape index (κ2) is 5.83. The van der Waals surface area contributed by atoms with E-state index in [0.717, 1.165) is 0 Å². The van der Waals surface area contributed by atoms with Crippen molar-refractivity contribution in [3.63, 3.8) is 0 Å². The second-order valence-corrected chi connectivity index (χ2v) is 5.36. The molecule has 0 N–H and O–H groups in total. The van der Waals surface area contributed by atoms with Crippen molar-refractivity contribution in [3.8, 4) is 11.5 Å². The molecule has 1 aliphatic rings. The maximum atomic E-state index is 12.8. The summed E-state index contributed by atoms with van der Waals surface area (Å²) in [4.78, 5) is 12.8. The number of rotatable bonds is 4. The molecule has 4 atom stereocenters. The molecular formula is C16H22O4. The molecule has 0 aliphatic carbocycles. The minimum absolute atomic E-state index is 0.0603. The number of carbonyl (C=O) groups excluding carboxylic acids is 1. The normalized spacial score (nSPS) is 29.2. The molecule has 0 bridgehead atoms. The zero-order valence-electron chi connectivity index (χ0n) is 12.7. The van der Waals surface area contributed by atoms with Crippen LogP contribution >= 0.6 is 0 Å². The highest BCUT2D eigenvalue weighted by molar-refractivity contribution is 6.01. The van der Waals surface area contributed by atoms with Gasteiger partial charge in [-0.1, -0.05) is 6.92 Å². The summed E-state index contributed by atoms with van der Waals surface area (Å²) >= 11 is 0. The van der Waals surface area contributed by atoms with Crippen LogP contribution < -0.4 is 9.47 Å². The predicted molar refractivity (Wildman–Crippen MR) is 76.5 cm³/mol. The average Bonchev–Trinajstić information content (AvgIpc) is 2.70. The molecule has 0 aromatic heterocycles. The van der Waals surface area contributed by atoms with Gasteiger partial charge in [0, 0.05) is 0 Å². The van der Waals surface area contributed by atoms with Crippen LogP contribution in [-0.2, 0) is 4.74 Å². The topological polar surface area (TPSA) is 44.8 Å². The summed E-state index contributed by atoms with van der Waals surface area (Å²) in [6.07, 6.45) is 0.0129. The molecule has 1 aromatic rings. The van der Waals surface area contributed by atoms with Gasteiger partial charge in [0.15, 0.2) is 5.78 Å². The van der Waals surface area contributed by atoms with E-state index >= 15 is 0 Å². The largest absolute Gasteiger partial charge is 0.497 e. The third-order valence-corrected chi connectivity index (χ3v) is 4.22. The van der Waals surface area contributed by atoms with Crippen molar-refractivity contribution in [2.45, 2.75) is 33.0 Å². The summed E-state index contributed by atoms with van der Waals surface area (Å²) < 4.78 is 16.3. The quantitative estimate of drug-likeness (QED) is 0.794. The number of hydrogen-bond acceptors (Lipinski definition) is 4. The zero-order chi connectivity index (χ0) is 14.9. The Labute approximate surface area is 120 Å². The van der Waals surface area contributed by atoms with Gasteiger partial charge in [0.2, 0.25) is 0 Å². The van der Waals surface area contributed by atoms with E-state index in [4.69, 9.17) is 14.2 Å². The molecule has 0 amide bonds. The molecule has 0 spiro atoms. The lowest BCUT2D eigenvalue weighted by Gasteiger charge is -2.19. The molecule has 1 heterocycles. The Kier molecular flexibility index (Phi) is 4.33. The van der Waals surface area contributed by atoms with Gasteiger partial charge in [0.25, 0.3) is 0 Å². The van der Waals surface area contributed by atoms with Crippen LogP contribution in [0.25, 0.3) is 0 Å². The van der Waals surface area contributed by atoms with Crippen LogP contribution in [0.1, 0.15) is 31.1 Å². The first-order chi connectivity index (χ1) is 9.49. The van der Waals surface area contributed by atoms with Crippen molar-refractivity contribution >= 4 is 5.78 Å². The predicted octanol–water partition coefficient (Wildman–Crippen LogP) is 2.95. The van der Waals surface area contributed by atoms with Gasteiger partial charge in [0.05, 0.1) is 37.9 Å². The molecule has 1 saturated heterocycles. The van der Waals surface area contributed by atoms with Crippen LogP contribution in [0.2, 0.25) is 0 Å². The van der Waals surface area contributed by atoms with Crippen LogP contribution in [0, 0.1) is 11.8 Å².